The number of carbonyl (C=O) groups is 2. The average Bonchev–Trinajstić information content (AvgIpc) is 3.53. The number of ether oxygens (including phenoxy) is 3. The molecule has 1 aromatic rings. The summed E-state index contributed by atoms with van der Waals surface area (Å²) < 4.78 is 16.8. The zero-order chi connectivity index (χ0) is 25.4. The number of hydrogen-bond donors (Lipinski definition) is 4. The Morgan fingerprint density at radius 1 is 1.26 bits per heavy atom. The van der Waals surface area contributed by atoms with Gasteiger partial charge in [-0.25, -0.2) is 0 Å². The number of epoxide rings is 1. The molecule has 190 valence electrons. The summed E-state index contributed by atoms with van der Waals surface area (Å²) in [4.78, 5) is 25.4. The van der Waals surface area contributed by atoms with Gasteiger partial charge in [0.15, 0.2) is 24.0 Å². The minimum Gasteiger partial charge on any atom is -0.507 e. The van der Waals surface area contributed by atoms with Crippen molar-refractivity contribution in [3.05, 3.63) is 22.8 Å². The largest absolute Gasteiger partial charge is 0.507 e. The monoisotopic (exact) mass is 480 g/mol. The molecule has 0 aliphatic carbocycles. The summed E-state index contributed by atoms with van der Waals surface area (Å²) in [7, 11) is 1.46. The Morgan fingerprint density at radius 2 is 1.94 bits per heavy atom. The molecule has 7 atom stereocenters. The fourth-order valence-corrected chi connectivity index (χ4v) is 5.26. The van der Waals surface area contributed by atoms with E-state index < -0.39 is 53.4 Å². The second kappa shape index (κ2) is 10.3. The van der Waals surface area contributed by atoms with Gasteiger partial charge in [0.1, 0.15) is 11.5 Å². The van der Waals surface area contributed by atoms with Crippen molar-refractivity contribution < 1.29 is 44.2 Å². The second-order valence-electron chi connectivity index (χ2n) is 9.55. The maximum absolute atomic E-state index is 13.7. The molecule has 1 spiro atoms. The Bertz CT molecular complexity index is 900. The quantitative estimate of drug-likeness (QED) is 0.225. The number of Topliss-reactive ketones (excluding diaryl/α,β-unsaturated/α-hetero) is 1. The summed E-state index contributed by atoms with van der Waals surface area (Å²) >= 11 is 0. The number of rotatable bonds is 10. The molecule has 1 aromatic carbocycles. The highest BCUT2D eigenvalue weighted by Crippen LogP contribution is 2.50. The van der Waals surface area contributed by atoms with Crippen molar-refractivity contribution >= 4 is 12.1 Å². The summed E-state index contributed by atoms with van der Waals surface area (Å²) in [5.74, 6) is -2.47. The van der Waals surface area contributed by atoms with E-state index in [0.29, 0.717) is 25.5 Å². The normalized spacial score (nSPS) is 30.4. The zero-order valence-electron chi connectivity index (χ0n) is 20.4. The van der Waals surface area contributed by atoms with Crippen LogP contribution in [0.2, 0.25) is 0 Å². The molecular weight excluding hydrogens is 444 g/mol. The molecule has 4 N–H and O–H groups in total. The second-order valence-corrected chi connectivity index (χ2v) is 9.55. The van der Waals surface area contributed by atoms with Crippen LogP contribution in [0.25, 0.3) is 0 Å². The molecular formula is C25H36O9. The summed E-state index contributed by atoms with van der Waals surface area (Å²) in [6, 6.07) is 1.35. The highest BCUT2D eigenvalue weighted by Gasteiger charge is 2.68. The van der Waals surface area contributed by atoms with Crippen LogP contribution < -0.4 is 0 Å². The number of aldehydes is 1. The summed E-state index contributed by atoms with van der Waals surface area (Å²) in [5, 5.41) is 42.7. The Labute approximate surface area is 199 Å². The van der Waals surface area contributed by atoms with Crippen LogP contribution in [-0.4, -0.2) is 69.8 Å². The van der Waals surface area contributed by atoms with Crippen LogP contribution in [0.5, 0.6) is 11.5 Å². The van der Waals surface area contributed by atoms with E-state index >= 15 is 0 Å². The summed E-state index contributed by atoms with van der Waals surface area (Å²) in [6.07, 6.45) is -2.25. The van der Waals surface area contributed by atoms with E-state index in [2.05, 4.69) is 0 Å². The van der Waals surface area contributed by atoms with Gasteiger partial charge in [0.25, 0.3) is 0 Å². The van der Waals surface area contributed by atoms with Gasteiger partial charge in [-0.3, -0.25) is 9.59 Å². The first kappa shape index (κ1) is 26.6. The maximum Gasteiger partial charge on any atom is 0.189 e. The molecule has 0 unspecified atom stereocenters. The van der Waals surface area contributed by atoms with E-state index in [-0.39, 0.29) is 35.1 Å². The molecule has 9 nitrogen and oxygen atoms in total. The number of aliphatic hydroxyl groups excluding tert-OH is 2. The highest BCUT2D eigenvalue weighted by molar-refractivity contribution is 6.04. The number of ketones is 1. The van der Waals surface area contributed by atoms with Crippen LogP contribution in [0.3, 0.4) is 0 Å². The third-order valence-electron chi connectivity index (χ3n) is 7.10. The molecule has 2 heterocycles. The first-order valence-corrected chi connectivity index (χ1v) is 11.9. The molecule has 2 saturated heterocycles. The first-order chi connectivity index (χ1) is 16.1. The van der Waals surface area contributed by atoms with Crippen molar-refractivity contribution in [2.45, 2.75) is 89.7 Å². The van der Waals surface area contributed by atoms with E-state index in [1.54, 1.807) is 0 Å². The third kappa shape index (κ3) is 4.35. The van der Waals surface area contributed by atoms with Crippen molar-refractivity contribution in [2.75, 3.05) is 7.11 Å². The molecule has 3 rings (SSSR count). The average molecular weight is 481 g/mol. The Kier molecular flexibility index (Phi) is 8.04. The van der Waals surface area contributed by atoms with Gasteiger partial charge in [-0.2, -0.15) is 0 Å². The van der Waals surface area contributed by atoms with Crippen LogP contribution in [-0.2, 0) is 14.2 Å². The number of benzene rings is 1. The van der Waals surface area contributed by atoms with E-state index in [0.717, 1.165) is 0 Å². The Hall–Kier alpha value is -2.04. The van der Waals surface area contributed by atoms with Gasteiger partial charge in [0, 0.05) is 25.0 Å². The van der Waals surface area contributed by atoms with Crippen molar-refractivity contribution in [3.63, 3.8) is 0 Å². The van der Waals surface area contributed by atoms with Crippen molar-refractivity contribution in [2.24, 2.45) is 11.8 Å². The number of methoxy groups -OCH3 is 1. The number of phenols is 2. The molecule has 0 saturated carbocycles. The Balaban J connectivity index is 1.99. The van der Waals surface area contributed by atoms with Crippen molar-refractivity contribution in [1.82, 2.24) is 0 Å². The predicted molar refractivity (Wildman–Crippen MR) is 122 cm³/mol. The van der Waals surface area contributed by atoms with Gasteiger partial charge in [0.2, 0.25) is 0 Å². The van der Waals surface area contributed by atoms with E-state index in [1.165, 1.54) is 13.2 Å². The molecule has 0 aromatic heterocycles. The number of carbonyl (C=O) groups excluding carboxylic acids is 2. The zero-order valence-corrected chi connectivity index (χ0v) is 20.4. The lowest BCUT2D eigenvalue weighted by Crippen LogP contribution is -2.55. The summed E-state index contributed by atoms with van der Waals surface area (Å²) in [6.45, 7) is 7.49. The first-order valence-electron chi connectivity index (χ1n) is 11.9. The van der Waals surface area contributed by atoms with Crippen LogP contribution >= 0.6 is 0 Å². The van der Waals surface area contributed by atoms with Crippen LogP contribution in [0.15, 0.2) is 6.07 Å². The predicted octanol–water partition coefficient (Wildman–Crippen LogP) is 2.87. The fraction of sp³-hybridized carbons (Fsp3) is 0.680. The van der Waals surface area contributed by atoms with Gasteiger partial charge >= 0.3 is 0 Å². The Morgan fingerprint density at radius 3 is 2.41 bits per heavy atom. The molecule has 9 heteroatoms. The van der Waals surface area contributed by atoms with Gasteiger partial charge in [-0.1, -0.05) is 34.1 Å². The topological polar surface area (TPSA) is 146 Å². The van der Waals surface area contributed by atoms with Crippen LogP contribution in [0, 0.1) is 11.8 Å². The van der Waals surface area contributed by atoms with Crippen LogP contribution in [0.4, 0.5) is 0 Å². The minimum absolute atomic E-state index is 0.0723. The molecule has 2 aliphatic heterocycles. The maximum atomic E-state index is 13.7. The van der Waals surface area contributed by atoms with Crippen molar-refractivity contribution in [1.29, 1.82) is 0 Å². The SMILES string of the molecule is CCC[C@H](C(=O)c1cc([C@@H](OC)C(C)C)c(O)c(C=O)c1O)[C@@H]1C[C@@H](O)[C@@]2(O[C@H]2CC)[C@H](O)O1. The smallest absolute Gasteiger partial charge is 0.189 e. The molecule has 0 amide bonds. The standard InChI is InChI=1S/C25H36O9/c1-6-8-13(17-10-18(27)25(24(31)33-17)19(7-2)34-25)20(28)14-9-15(23(32-5)12(3)4)22(30)16(11-26)21(14)29/h9,11-13,17-19,23-24,27,29-31H,6-8,10H2,1-5H3/t13-,17-,18+,19-,23-,24+,25-/m0/s1. The van der Waals surface area contributed by atoms with E-state index in [9.17, 15) is 30.0 Å². The fourth-order valence-electron chi connectivity index (χ4n) is 5.26. The lowest BCUT2D eigenvalue weighted by Gasteiger charge is -2.39. The number of aliphatic hydroxyl groups is 2. The molecule has 0 bridgehead atoms. The number of phenolic OH excluding ortho intramolecular Hbond substituents is 2. The van der Waals surface area contributed by atoms with Gasteiger partial charge < -0.3 is 34.6 Å². The van der Waals surface area contributed by atoms with Crippen molar-refractivity contribution in [3.8, 4) is 11.5 Å². The third-order valence-corrected chi connectivity index (χ3v) is 7.10. The summed E-state index contributed by atoms with van der Waals surface area (Å²) in [5.41, 5.74) is -1.48. The lowest BCUT2D eigenvalue weighted by atomic mass is 9.80. The molecule has 0 radical (unpaired) electrons. The van der Waals surface area contributed by atoms with Crippen LogP contribution in [0.1, 0.15) is 85.8 Å². The van der Waals surface area contributed by atoms with Gasteiger partial charge in [0.05, 0.1) is 35.5 Å². The minimum atomic E-state index is -1.40. The number of aromatic hydroxyl groups is 2. The van der Waals surface area contributed by atoms with Gasteiger partial charge in [-0.05, 0) is 24.8 Å². The van der Waals surface area contributed by atoms with Gasteiger partial charge in [-0.15, -0.1) is 0 Å². The van der Waals surface area contributed by atoms with E-state index in [1.807, 2.05) is 27.7 Å². The lowest BCUT2D eigenvalue weighted by molar-refractivity contribution is -0.239. The molecule has 34 heavy (non-hydrogen) atoms. The highest BCUT2D eigenvalue weighted by atomic mass is 16.7. The number of hydrogen-bond acceptors (Lipinski definition) is 9. The molecule has 2 aliphatic rings. The van der Waals surface area contributed by atoms with E-state index in [4.69, 9.17) is 14.2 Å². The molecule has 2 fully saturated rings.